The van der Waals surface area contributed by atoms with Gasteiger partial charge in [0, 0.05) is 11.1 Å². The number of aromatic nitrogens is 1. The quantitative estimate of drug-likeness (QED) is 0.832. The summed E-state index contributed by atoms with van der Waals surface area (Å²) < 4.78 is 24.3. The number of sulfone groups is 1. The van der Waals surface area contributed by atoms with E-state index in [1.54, 1.807) is 30.3 Å². The second kappa shape index (κ2) is 4.27. The first-order chi connectivity index (χ1) is 7.62. The molecular weight excluding hydrogens is 242 g/mol. The van der Waals surface area contributed by atoms with Gasteiger partial charge in [-0.3, -0.25) is 0 Å². The average Bonchev–Trinajstić information content (AvgIpc) is 2.30. The minimum atomic E-state index is -3.56. The molecule has 1 heterocycles. The van der Waals surface area contributed by atoms with E-state index < -0.39 is 9.84 Å². The summed E-state index contributed by atoms with van der Waals surface area (Å²) in [6.07, 6.45) is 1.45. The Kier molecular flexibility index (Phi) is 2.98. The van der Waals surface area contributed by atoms with Crippen LogP contribution >= 0.6 is 12.6 Å². The van der Waals surface area contributed by atoms with E-state index in [2.05, 4.69) is 17.6 Å². The molecule has 5 heteroatoms. The van der Waals surface area contributed by atoms with Gasteiger partial charge in [0.25, 0.3) is 0 Å². The van der Waals surface area contributed by atoms with Gasteiger partial charge in [0.05, 0.1) is 4.90 Å². The van der Waals surface area contributed by atoms with Gasteiger partial charge in [0.1, 0.15) is 0 Å². The van der Waals surface area contributed by atoms with Crippen molar-refractivity contribution in [2.24, 2.45) is 0 Å². The number of benzene rings is 1. The maximum atomic E-state index is 12.1. The van der Waals surface area contributed by atoms with Crippen LogP contribution in [0.25, 0.3) is 0 Å². The molecule has 0 atom stereocenters. The van der Waals surface area contributed by atoms with E-state index in [0.717, 1.165) is 0 Å². The zero-order valence-corrected chi connectivity index (χ0v) is 9.95. The van der Waals surface area contributed by atoms with Gasteiger partial charge < -0.3 is 0 Å². The molecule has 0 radical (unpaired) electrons. The van der Waals surface area contributed by atoms with Gasteiger partial charge >= 0.3 is 0 Å². The highest BCUT2D eigenvalue weighted by Gasteiger charge is 2.20. The third-order valence-corrected chi connectivity index (χ3v) is 4.34. The van der Waals surface area contributed by atoms with E-state index in [1.165, 1.54) is 18.3 Å². The predicted molar refractivity (Wildman–Crippen MR) is 63.4 cm³/mol. The number of hydrogen-bond acceptors (Lipinski definition) is 4. The van der Waals surface area contributed by atoms with Crippen molar-refractivity contribution >= 4 is 22.5 Å². The smallest absolute Gasteiger partial charge is 0.224 e. The van der Waals surface area contributed by atoms with Crippen LogP contribution in [-0.4, -0.2) is 13.4 Å². The first-order valence-electron chi connectivity index (χ1n) is 4.56. The molecule has 0 aliphatic carbocycles. The first-order valence-corrected chi connectivity index (χ1v) is 6.49. The van der Waals surface area contributed by atoms with Crippen molar-refractivity contribution in [3.05, 3.63) is 48.7 Å². The van der Waals surface area contributed by atoms with Crippen molar-refractivity contribution in [1.82, 2.24) is 4.98 Å². The second-order valence-electron chi connectivity index (χ2n) is 3.14. The van der Waals surface area contributed by atoms with E-state index in [4.69, 9.17) is 0 Å². The monoisotopic (exact) mass is 251 g/mol. The Morgan fingerprint density at radius 1 is 1.00 bits per heavy atom. The summed E-state index contributed by atoms with van der Waals surface area (Å²) in [5.41, 5.74) is 0. The molecule has 0 amide bonds. The molecule has 82 valence electrons. The summed E-state index contributed by atoms with van der Waals surface area (Å²) in [6.45, 7) is 0. The van der Waals surface area contributed by atoms with Crippen LogP contribution in [0.5, 0.6) is 0 Å². The van der Waals surface area contributed by atoms with Crippen LogP contribution in [0.15, 0.2) is 63.5 Å². The highest BCUT2D eigenvalue weighted by Crippen LogP contribution is 2.24. The highest BCUT2D eigenvalue weighted by atomic mass is 32.2. The minimum absolute atomic E-state index is 0.0384. The zero-order valence-electron chi connectivity index (χ0n) is 8.24. The van der Waals surface area contributed by atoms with E-state index in [9.17, 15) is 8.42 Å². The van der Waals surface area contributed by atoms with E-state index >= 15 is 0 Å². The number of hydrogen-bond donors (Lipinski definition) is 1. The molecule has 0 aliphatic rings. The predicted octanol–water partition coefficient (Wildman–Crippen LogP) is 2.20. The lowest BCUT2D eigenvalue weighted by molar-refractivity contribution is 0.590. The van der Waals surface area contributed by atoms with E-state index in [1.807, 2.05) is 0 Å². The summed E-state index contributed by atoms with van der Waals surface area (Å²) in [6, 6.07) is 11.3. The maximum absolute atomic E-state index is 12.1. The van der Waals surface area contributed by atoms with E-state index in [-0.39, 0.29) is 9.92 Å². The van der Waals surface area contributed by atoms with Crippen LogP contribution in [0.4, 0.5) is 0 Å². The lowest BCUT2D eigenvalue weighted by Crippen LogP contribution is -2.04. The SMILES string of the molecule is O=S(=O)(c1ccccn1)c1ccccc1S. The molecule has 0 spiro atoms. The summed E-state index contributed by atoms with van der Waals surface area (Å²) >= 11 is 4.13. The van der Waals surface area contributed by atoms with Crippen LogP contribution in [0, 0.1) is 0 Å². The summed E-state index contributed by atoms with van der Waals surface area (Å²) in [4.78, 5) is 4.45. The number of rotatable bonds is 2. The fourth-order valence-electron chi connectivity index (χ4n) is 1.30. The number of nitrogens with zero attached hydrogens (tertiary/aromatic N) is 1. The largest absolute Gasteiger partial charge is 0.244 e. The second-order valence-corrected chi connectivity index (χ2v) is 5.49. The first kappa shape index (κ1) is 11.2. The Balaban J connectivity index is 2.62. The Hall–Kier alpha value is -1.33. The Labute approximate surface area is 99.5 Å². The third kappa shape index (κ3) is 1.96. The van der Waals surface area contributed by atoms with Gasteiger partial charge in [-0.05, 0) is 24.3 Å². The molecule has 2 aromatic rings. The highest BCUT2D eigenvalue weighted by molar-refractivity contribution is 7.92. The standard InChI is InChI=1S/C11H9NO2S2/c13-16(14,11-7-3-4-8-12-11)10-6-2-1-5-9(10)15/h1-8,15H. The fraction of sp³-hybridized carbons (Fsp3) is 0. The molecule has 0 aliphatic heterocycles. The zero-order chi connectivity index (χ0) is 11.6. The molecule has 0 unspecified atom stereocenters. The third-order valence-electron chi connectivity index (χ3n) is 2.07. The Bertz CT molecular complexity index is 594. The topological polar surface area (TPSA) is 47.0 Å². The van der Waals surface area contributed by atoms with Crippen molar-refractivity contribution in [3.63, 3.8) is 0 Å². The van der Waals surface area contributed by atoms with Gasteiger partial charge in [-0.15, -0.1) is 12.6 Å². The average molecular weight is 251 g/mol. The maximum Gasteiger partial charge on any atom is 0.224 e. The summed E-state index contributed by atoms with van der Waals surface area (Å²) in [5, 5.41) is 0.0384. The number of pyridine rings is 1. The van der Waals surface area contributed by atoms with Gasteiger partial charge in [0.2, 0.25) is 9.84 Å². The number of thiol groups is 1. The molecule has 3 nitrogen and oxygen atoms in total. The molecular formula is C11H9NO2S2. The molecule has 16 heavy (non-hydrogen) atoms. The van der Waals surface area contributed by atoms with Crippen molar-refractivity contribution < 1.29 is 8.42 Å². The molecule has 2 rings (SSSR count). The Morgan fingerprint density at radius 2 is 1.69 bits per heavy atom. The van der Waals surface area contributed by atoms with Crippen LogP contribution in [0.1, 0.15) is 0 Å². The fourth-order valence-corrected chi connectivity index (χ4v) is 3.11. The van der Waals surface area contributed by atoms with Crippen LogP contribution < -0.4 is 0 Å². The lowest BCUT2D eigenvalue weighted by Gasteiger charge is -2.05. The molecule has 0 fully saturated rings. The summed E-state index contributed by atoms with van der Waals surface area (Å²) in [5.74, 6) is 0. The van der Waals surface area contributed by atoms with Crippen molar-refractivity contribution in [3.8, 4) is 0 Å². The molecule has 0 bridgehead atoms. The minimum Gasteiger partial charge on any atom is -0.244 e. The summed E-state index contributed by atoms with van der Waals surface area (Å²) in [7, 11) is -3.56. The van der Waals surface area contributed by atoms with Gasteiger partial charge in [-0.25, -0.2) is 13.4 Å². The normalized spacial score (nSPS) is 11.3. The molecule has 0 saturated heterocycles. The molecule has 0 N–H and O–H groups in total. The van der Waals surface area contributed by atoms with Gasteiger partial charge in [0.15, 0.2) is 5.03 Å². The van der Waals surface area contributed by atoms with Crippen molar-refractivity contribution in [2.75, 3.05) is 0 Å². The lowest BCUT2D eigenvalue weighted by atomic mass is 10.4. The van der Waals surface area contributed by atoms with Crippen LogP contribution in [0.2, 0.25) is 0 Å². The Morgan fingerprint density at radius 3 is 2.31 bits per heavy atom. The molecule has 1 aromatic heterocycles. The van der Waals surface area contributed by atoms with Gasteiger partial charge in [-0.1, -0.05) is 18.2 Å². The van der Waals surface area contributed by atoms with E-state index in [0.29, 0.717) is 4.90 Å². The van der Waals surface area contributed by atoms with Crippen molar-refractivity contribution in [1.29, 1.82) is 0 Å². The van der Waals surface area contributed by atoms with Crippen LogP contribution in [0.3, 0.4) is 0 Å². The molecule has 1 aromatic carbocycles. The molecule has 0 saturated carbocycles. The van der Waals surface area contributed by atoms with Crippen molar-refractivity contribution in [2.45, 2.75) is 14.8 Å². The van der Waals surface area contributed by atoms with Gasteiger partial charge in [-0.2, -0.15) is 0 Å². The van der Waals surface area contributed by atoms with Crippen LogP contribution in [-0.2, 0) is 9.84 Å².